The molecule has 1 rings (SSSR count). The molecule has 0 aliphatic heterocycles. The number of halogens is 5. The number of ether oxygens (including phenoxy) is 2. The van der Waals surface area contributed by atoms with Gasteiger partial charge in [-0.15, -0.1) is 0 Å². The van der Waals surface area contributed by atoms with E-state index in [4.69, 9.17) is 11.6 Å². The van der Waals surface area contributed by atoms with E-state index in [1.165, 1.54) is 0 Å². The maximum Gasteiger partial charge on any atom is 0.416 e. The summed E-state index contributed by atoms with van der Waals surface area (Å²) in [4.78, 5) is 22.9. The van der Waals surface area contributed by atoms with Gasteiger partial charge in [-0.05, 0) is 34.7 Å². The number of nitrogens with one attached hydrogen (secondary N) is 1. The number of anilines is 1. The molecular weight excluding hydrogens is 453 g/mol. The SMILES string of the molecule is COC(=O)/C=C(/Nc1c(Cl)cc(C(F)(F)F)cc1I)C(=O)OC. The van der Waals surface area contributed by atoms with Gasteiger partial charge in [-0.3, -0.25) is 0 Å². The summed E-state index contributed by atoms with van der Waals surface area (Å²) in [6.45, 7) is 0. The molecule has 0 fully saturated rings. The highest BCUT2D eigenvalue weighted by Gasteiger charge is 2.32. The zero-order chi connectivity index (χ0) is 17.8. The summed E-state index contributed by atoms with van der Waals surface area (Å²) in [5.41, 5.74) is -1.24. The highest BCUT2D eigenvalue weighted by molar-refractivity contribution is 14.1. The van der Waals surface area contributed by atoms with Gasteiger partial charge in [0, 0.05) is 3.57 Å². The third-order valence-electron chi connectivity index (χ3n) is 2.50. The number of hydrogen-bond acceptors (Lipinski definition) is 5. The summed E-state index contributed by atoms with van der Waals surface area (Å²) < 4.78 is 47.1. The van der Waals surface area contributed by atoms with Gasteiger partial charge in [0.1, 0.15) is 5.70 Å². The molecular formula is C13H10ClF3INO4. The van der Waals surface area contributed by atoms with Crippen LogP contribution in [0.2, 0.25) is 5.02 Å². The Balaban J connectivity index is 3.27. The zero-order valence-corrected chi connectivity index (χ0v) is 14.7. The molecule has 0 unspecified atom stereocenters. The summed E-state index contributed by atoms with van der Waals surface area (Å²) in [7, 11) is 2.18. The first-order chi connectivity index (χ1) is 10.6. The first kappa shape index (κ1) is 19.6. The quantitative estimate of drug-likeness (QED) is 0.420. The van der Waals surface area contributed by atoms with Crippen molar-refractivity contribution in [2.75, 3.05) is 19.5 Å². The summed E-state index contributed by atoms with van der Waals surface area (Å²) in [6, 6.07) is 1.56. The first-order valence-electron chi connectivity index (χ1n) is 5.81. The minimum absolute atomic E-state index is 0.0285. The summed E-state index contributed by atoms with van der Waals surface area (Å²) in [6.07, 6.45) is -3.76. The summed E-state index contributed by atoms with van der Waals surface area (Å²) in [5.74, 6) is -1.77. The number of rotatable bonds is 4. The lowest BCUT2D eigenvalue weighted by Gasteiger charge is -2.15. The van der Waals surface area contributed by atoms with Crippen LogP contribution < -0.4 is 5.32 Å². The van der Waals surface area contributed by atoms with Crippen molar-refractivity contribution < 1.29 is 32.2 Å². The van der Waals surface area contributed by atoms with E-state index in [1.807, 2.05) is 0 Å². The van der Waals surface area contributed by atoms with Crippen LogP contribution in [-0.4, -0.2) is 26.2 Å². The smallest absolute Gasteiger partial charge is 0.416 e. The van der Waals surface area contributed by atoms with Crippen LogP contribution in [0.4, 0.5) is 18.9 Å². The molecule has 1 aromatic carbocycles. The fourth-order valence-electron chi connectivity index (χ4n) is 1.42. The minimum atomic E-state index is -4.56. The Hall–Kier alpha value is -1.49. The van der Waals surface area contributed by atoms with Crippen LogP contribution in [0.3, 0.4) is 0 Å². The Labute approximate surface area is 147 Å². The van der Waals surface area contributed by atoms with Crippen LogP contribution in [0.1, 0.15) is 5.56 Å². The second-order valence-corrected chi connectivity index (χ2v) is 5.58. The lowest BCUT2D eigenvalue weighted by atomic mass is 10.2. The average molecular weight is 464 g/mol. The Morgan fingerprint density at radius 1 is 1.26 bits per heavy atom. The lowest BCUT2D eigenvalue weighted by molar-refractivity contribution is -0.138. The van der Waals surface area contributed by atoms with Gasteiger partial charge in [-0.25, -0.2) is 9.59 Å². The zero-order valence-electron chi connectivity index (χ0n) is 11.8. The highest BCUT2D eigenvalue weighted by Crippen LogP contribution is 2.37. The molecule has 1 N–H and O–H groups in total. The Morgan fingerprint density at radius 3 is 2.30 bits per heavy atom. The number of methoxy groups -OCH3 is 2. The van der Waals surface area contributed by atoms with Gasteiger partial charge in [0.05, 0.1) is 36.6 Å². The van der Waals surface area contributed by atoms with Crippen LogP contribution in [0.5, 0.6) is 0 Å². The molecule has 0 bridgehead atoms. The van der Waals surface area contributed by atoms with Gasteiger partial charge >= 0.3 is 18.1 Å². The molecule has 0 saturated heterocycles. The largest absolute Gasteiger partial charge is 0.466 e. The molecule has 0 radical (unpaired) electrons. The van der Waals surface area contributed by atoms with Crippen LogP contribution in [-0.2, 0) is 25.2 Å². The molecule has 126 valence electrons. The second-order valence-electron chi connectivity index (χ2n) is 4.01. The van der Waals surface area contributed by atoms with E-state index in [2.05, 4.69) is 14.8 Å². The Morgan fingerprint density at radius 2 is 1.87 bits per heavy atom. The molecule has 0 atom stereocenters. The van der Waals surface area contributed by atoms with Crippen molar-refractivity contribution in [3.8, 4) is 0 Å². The molecule has 10 heteroatoms. The van der Waals surface area contributed by atoms with E-state index in [1.54, 1.807) is 22.6 Å². The predicted octanol–water partition coefficient (Wildman–Crippen LogP) is 3.61. The molecule has 0 amide bonds. The van der Waals surface area contributed by atoms with Crippen molar-refractivity contribution in [2.45, 2.75) is 6.18 Å². The Kier molecular flexibility index (Phi) is 6.69. The number of carbonyl (C=O) groups excluding carboxylic acids is 2. The lowest BCUT2D eigenvalue weighted by Crippen LogP contribution is -2.16. The van der Waals surface area contributed by atoms with Crippen molar-refractivity contribution in [3.63, 3.8) is 0 Å². The summed E-state index contributed by atoms with van der Waals surface area (Å²) in [5, 5.41) is 2.21. The normalized spacial score (nSPS) is 11.9. The molecule has 0 saturated carbocycles. The van der Waals surface area contributed by atoms with E-state index in [0.717, 1.165) is 26.4 Å². The standard InChI is InChI=1S/C13H10ClF3INO4/c1-22-10(20)5-9(12(21)23-2)19-11-7(14)3-6(4-8(11)18)13(15,16)17/h3-5,19H,1-2H3/b9-5+. The van der Waals surface area contributed by atoms with Crippen molar-refractivity contribution in [1.82, 2.24) is 0 Å². The minimum Gasteiger partial charge on any atom is -0.466 e. The number of alkyl halides is 3. The van der Waals surface area contributed by atoms with E-state index in [9.17, 15) is 22.8 Å². The average Bonchev–Trinajstić information content (AvgIpc) is 2.47. The van der Waals surface area contributed by atoms with E-state index in [0.29, 0.717) is 6.07 Å². The third kappa shape index (κ3) is 5.27. The van der Waals surface area contributed by atoms with Crippen LogP contribution in [0.15, 0.2) is 23.9 Å². The topological polar surface area (TPSA) is 64.6 Å². The van der Waals surface area contributed by atoms with Gasteiger partial charge in [0.2, 0.25) is 0 Å². The van der Waals surface area contributed by atoms with E-state index < -0.39 is 23.7 Å². The van der Waals surface area contributed by atoms with Crippen molar-refractivity contribution in [1.29, 1.82) is 0 Å². The molecule has 0 aliphatic rings. The van der Waals surface area contributed by atoms with Crippen molar-refractivity contribution in [2.24, 2.45) is 0 Å². The number of carbonyl (C=O) groups is 2. The number of hydrogen-bond donors (Lipinski definition) is 1. The molecule has 0 spiro atoms. The highest BCUT2D eigenvalue weighted by atomic mass is 127. The maximum atomic E-state index is 12.7. The molecule has 0 aromatic heterocycles. The molecule has 5 nitrogen and oxygen atoms in total. The monoisotopic (exact) mass is 463 g/mol. The fraction of sp³-hybridized carbons (Fsp3) is 0.231. The molecule has 1 aromatic rings. The van der Waals surface area contributed by atoms with Crippen molar-refractivity contribution >= 4 is 51.8 Å². The van der Waals surface area contributed by atoms with E-state index >= 15 is 0 Å². The van der Waals surface area contributed by atoms with Gasteiger partial charge in [0.25, 0.3) is 0 Å². The number of benzene rings is 1. The Bertz CT molecular complexity index is 638. The molecule has 0 aliphatic carbocycles. The fourth-order valence-corrected chi connectivity index (χ4v) is 2.61. The van der Waals surface area contributed by atoms with Gasteiger partial charge in [0.15, 0.2) is 0 Å². The van der Waals surface area contributed by atoms with Crippen LogP contribution in [0, 0.1) is 3.57 Å². The maximum absolute atomic E-state index is 12.7. The molecule has 23 heavy (non-hydrogen) atoms. The van der Waals surface area contributed by atoms with E-state index in [-0.39, 0.29) is 20.0 Å². The number of esters is 2. The summed E-state index contributed by atoms with van der Waals surface area (Å²) >= 11 is 7.46. The van der Waals surface area contributed by atoms with Crippen LogP contribution in [0.25, 0.3) is 0 Å². The van der Waals surface area contributed by atoms with Gasteiger partial charge in [-0.2, -0.15) is 13.2 Å². The first-order valence-corrected chi connectivity index (χ1v) is 7.27. The predicted molar refractivity (Wildman–Crippen MR) is 84.9 cm³/mol. The third-order valence-corrected chi connectivity index (χ3v) is 3.65. The van der Waals surface area contributed by atoms with Gasteiger partial charge in [-0.1, -0.05) is 11.6 Å². The molecule has 0 heterocycles. The van der Waals surface area contributed by atoms with Gasteiger partial charge < -0.3 is 14.8 Å². The van der Waals surface area contributed by atoms with Crippen LogP contribution >= 0.6 is 34.2 Å². The second kappa shape index (κ2) is 7.86. The van der Waals surface area contributed by atoms with Crippen molar-refractivity contribution in [3.05, 3.63) is 38.1 Å².